The van der Waals surface area contributed by atoms with Crippen molar-refractivity contribution in [3.8, 4) is 33.3 Å². The first-order valence-corrected chi connectivity index (χ1v) is 11.9. The zero-order chi connectivity index (χ0) is 21.6. The third-order valence-corrected chi connectivity index (χ3v) is 7.55. The topological polar surface area (TPSA) is 86.0 Å². The van der Waals surface area contributed by atoms with E-state index in [2.05, 4.69) is 4.98 Å². The fraction of sp³-hybridized carbons (Fsp3) is 0.0455. The first kappa shape index (κ1) is 19.5. The van der Waals surface area contributed by atoms with Gasteiger partial charge in [0.15, 0.2) is 9.84 Å². The molecule has 0 fully saturated rings. The molecule has 0 atom stereocenters. The Morgan fingerprint density at radius 3 is 2.32 bits per heavy atom. The van der Waals surface area contributed by atoms with Crippen LogP contribution in [0.1, 0.15) is 0 Å². The molecule has 0 aliphatic rings. The minimum absolute atomic E-state index is 0.244. The van der Waals surface area contributed by atoms with Crippen LogP contribution in [0.5, 0.6) is 0 Å². The van der Waals surface area contributed by atoms with Crippen molar-refractivity contribution < 1.29 is 17.2 Å². The summed E-state index contributed by atoms with van der Waals surface area (Å²) in [4.78, 5) is 14.4. The zero-order valence-corrected chi connectivity index (χ0v) is 17.7. The van der Waals surface area contributed by atoms with E-state index in [1.165, 1.54) is 24.7 Å². The molecule has 0 radical (unpaired) electrons. The van der Waals surface area contributed by atoms with Gasteiger partial charge in [0.1, 0.15) is 22.0 Å². The van der Waals surface area contributed by atoms with Gasteiger partial charge in [0.05, 0.1) is 27.8 Å². The Hall–Kier alpha value is -3.43. The van der Waals surface area contributed by atoms with Crippen LogP contribution in [0.25, 0.3) is 44.3 Å². The predicted octanol–water partition coefficient (Wildman–Crippen LogP) is 5.22. The summed E-state index contributed by atoms with van der Waals surface area (Å²) in [5, 5.41) is 0. The van der Waals surface area contributed by atoms with Crippen molar-refractivity contribution in [2.24, 2.45) is 0 Å². The molecular weight excluding hydrogens is 437 g/mol. The first-order valence-electron chi connectivity index (χ1n) is 9.16. The van der Waals surface area contributed by atoms with Gasteiger partial charge in [0.2, 0.25) is 5.89 Å². The molecule has 5 aromatic rings. The highest BCUT2D eigenvalue weighted by atomic mass is 32.2. The molecule has 5 rings (SSSR count). The van der Waals surface area contributed by atoms with Crippen LogP contribution in [0.15, 0.2) is 75.7 Å². The van der Waals surface area contributed by atoms with E-state index < -0.39 is 9.84 Å². The molecule has 0 saturated carbocycles. The number of oxazole rings is 1. The monoisotopic (exact) mass is 451 g/mol. The molecule has 6 nitrogen and oxygen atoms in total. The molecule has 0 unspecified atom stereocenters. The minimum atomic E-state index is -3.34. The Bertz CT molecular complexity index is 1510. The van der Waals surface area contributed by atoms with E-state index >= 15 is 0 Å². The Morgan fingerprint density at radius 2 is 1.65 bits per heavy atom. The van der Waals surface area contributed by atoms with E-state index in [-0.39, 0.29) is 10.0 Å². The Balaban J connectivity index is 1.74. The maximum absolute atomic E-state index is 13.5. The van der Waals surface area contributed by atoms with E-state index in [0.29, 0.717) is 38.8 Å². The molecule has 0 spiro atoms. The number of aromatic nitrogens is 3. The number of hydrogen-bond donors (Lipinski definition) is 0. The van der Waals surface area contributed by atoms with Crippen molar-refractivity contribution in [2.45, 2.75) is 4.21 Å². The van der Waals surface area contributed by atoms with Crippen molar-refractivity contribution in [1.82, 2.24) is 15.0 Å². The van der Waals surface area contributed by atoms with Crippen LogP contribution in [0.4, 0.5) is 4.39 Å². The number of sulfone groups is 1. The fourth-order valence-corrected chi connectivity index (χ4v) is 5.10. The number of fused-ring (bicyclic) bond motifs is 1. The fourth-order valence-electron chi connectivity index (χ4n) is 3.18. The SMILES string of the molecule is CS(=O)(=O)c1ccc(-c2nc3ccc(-c4ncco4)cc3nc2-c2ccc(F)cc2)s1. The summed E-state index contributed by atoms with van der Waals surface area (Å²) in [5.74, 6) is 0.105. The summed E-state index contributed by atoms with van der Waals surface area (Å²) in [6.45, 7) is 0. The van der Waals surface area contributed by atoms with Crippen LogP contribution in [-0.4, -0.2) is 29.6 Å². The number of halogens is 1. The molecular formula is C22H14FN3O3S2. The summed E-state index contributed by atoms with van der Waals surface area (Å²) in [6.07, 6.45) is 4.22. The summed E-state index contributed by atoms with van der Waals surface area (Å²) >= 11 is 1.13. The molecule has 3 heterocycles. The number of nitrogens with zero attached hydrogens (tertiary/aromatic N) is 3. The van der Waals surface area contributed by atoms with Crippen molar-refractivity contribution in [3.05, 3.63) is 72.9 Å². The van der Waals surface area contributed by atoms with Crippen LogP contribution in [-0.2, 0) is 9.84 Å². The van der Waals surface area contributed by atoms with E-state index in [9.17, 15) is 12.8 Å². The van der Waals surface area contributed by atoms with Gasteiger partial charge >= 0.3 is 0 Å². The van der Waals surface area contributed by atoms with Crippen molar-refractivity contribution >= 4 is 32.2 Å². The van der Waals surface area contributed by atoms with Crippen molar-refractivity contribution in [2.75, 3.05) is 6.26 Å². The lowest BCUT2D eigenvalue weighted by Crippen LogP contribution is -1.95. The second kappa shape index (κ2) is 7.36. The van der Waals surface area contributed by atoms with Crippen LogP contribution in [0, 0.1) is 5.82 Å². The third-order valence-electron chi connectivity index (χ3n) is 4.64. The Labute approximate surface area is 181 Å². The number of thiophene rings is 1. The molecule has 9 heteroatoms. The second-order valence-corrected chi connectivity index (χ2v) is 10.2. The minimum Gasteiger partial charge on any atom is -0.445 e. The highest BCUT2D eigenvalue weighted by Crippen LogP contribution is 2.37. The average Bonchev–Trinajstić information content (AvgIpc) is 3.45. The number of benzene rings is 2. The van der Waals surface area contributed by atoms with Gasteiger partial charge in [-0.3, -0.25) is 0 Å². The lowest BCUT2D eigenvalue weighted by atomic mass is 10.1. The maximum atomic E-state index is 13.5. The first-order chi connectivity index (χ1) is 14.9. The second-order valence-electron chi connectivity index (χ2n) is 6.86. The maximum Gasteiger partial charge on any atom is 0.225 e. The Morgan fingerprint density at radius 1 is 0.903 bits per heavy atom. The van der Waals surface area contributed by atoms with Crippen LogP contribution >= 0.6 is 11.3 Å². The normalized spacial score (nSPS) is 11.8. The highest BCUT2D eigenvalue weighted by molar-refractivity contribution is 7.92. The van der Waals surface area contributed by atoms with E-state index in [1.807, 2.05) is 18.2 Å². The zero-order valence-electron chi connectivity index (χ0n) is 16.1. The summed E-state index contributed by atoms with van der Waals surface area (Å²) in [5.41, 5.74) is 3.72. The van der Waals surface area contributed by atoms with Gasteiger partial charge in [-0.05, 0) is 54.6 Å². The lowest BCUT2D eigenvalue weighted by molar-refractivity contribution is 0.574. The summed E-state index contributed by atoms with van der Waals surface area (Å²) < 4.78 is 43.0. The van der Waals surface area contributed by atoms with E-state index in [4.69, 9.17) is 14.4 Å². The molecule has 3 aromatic heterocycles. The lowest BCUT2D eigenvalue weighted by Gasteiger charge is -2.10. The number of hydrogen-bond acceptors (Lipinski definition) is 7. The number of rotatable bonds is 4. The predicted molar refractivity (Wildman–Crippen MR) is 117 cm³/mol. The summed E-state index contributed by atoms with van der Waals surface area (Å²) in [7, 11) is -3.34. The molecule has 154 valence electrons. The smallest absolute Gasteiger partial charge is 0.225 e. The molecule has 0 bridgehead atoms. The van der Waals surface area contributed by atoms with Crippen LogP contribution < -0.4 is 0 Å². The highest BCUT2D eigenvalue weighted by Gasteiger charge is 2.18. The van der Waals surface area contributed by atoms with Gasteiger partial charge in [-0.2, -0.15) is 0 Å². The standard InChI is InChI=1S/C22H14FN3O3S2/c1-31(27,28)19-9-8-18(30-19)21-20(13-2-5-15(23)6-3-13)26-17-12-14(4-7-16(17)25-21)22-24-10-11-29-22/h2-12H,1H3. The molecule has 0 aliphatic heterocycles. The van der Waals surface area contributed by atoms with Gasteiger partial charge in [0, 0.05) is 17.4 Å². The van der Waals surface area contributed by atoms with Gasteiger partial charge in [0.25, 0.3) is 0 Å². The third kappa shape index (κ3) is 3.73. The Kier molecular flexibility index (Phi) is 4.64. The van der Waals surface area contributed by atoms with Gasteiger partial charge in [-0.25, -0.2) is 27.8 Å². The largest absolute Gasteiger partial charge is 0.445 e. The van der Waals surface area contributed by atoms with Crippen LogP contribution in [0.2, 0.25) is 0 Å². The molecule has 0 N–H and O–H groups in total. The molecule has 0 aliphatic carbocycles. The summed E-state index contributed by atoms with van der Waals surface area (Å²) in [6, 6.07) is 14.7. The van der Waals surface area contributed by atoms with Crippen molar-refractivity contribution in [1.29, 1.82) is 0 Å². The van der Waals surface area contributed by atoms with E-state index in [0.717, 1.165) is 16.9 Å². The van der Waals surface area contributed by atoms with Gasteiger partial charge in [-0.15, -0.1) is 11.3 Å². The van der Waals surface area contributed by atoms with E-state index in [1.54, 1.807) is 30.5 Å². The molecule has 0 saturated heterocycles. The van der Waals surface area contributed by atoms with Gasteiger partial charge < -0.3 is 4.42 Å². The quantitative estimate of drug-likeness (QED) is 0.372. The van der Waals surface area contributed by atoms with Gasteiger partial charge in [-0.1, -0.05) is 0 Å². The average molecular weight is 452 g/mol. The van der Waals surface area contributed by atoms with Crippen molar-refractivity contribution in [3.63, 3.8) is 0 Å². The van der Waals surface area contributed by atoms with Crippen LogP contribution in [0.3, 0.4) is 0 Å². The molecule has 2 aromatic carbocycles. The molecule has 0 amide bonds. The molecule has 31 heavy (non-hydrogen) atoms.